The molecule has 1 radical (unpaired) electrons. The molecule has 2 aromatic rings. The third-order valence-corrected chi connectivity index (χ3v) is 6.81. The van der Waals surface area contributed by atoms with Crippen molar-refractivity contribution in [1.29, 1.82) is 0 Å². The van der Waals surface area contributed by atoms with Crippen molar-refractivity contribution in [1.82, 2.24) is 33.0 Å². The molecular weight excluding hydrogens is 537 g/mol. The molecule has 7 nitrogen and oxygen atoms in total. The van der Waals surface area contributed by atoms with Gasteiger partial charge in [-0.2, -0.15) is 0 Å². The van der Waals surface area contributed by atoms with Gasteiger partial charge in [0.15, 0.2) is 0 Å². The van der Waals surface area contributed by atoms with E-state index >= 15 is 0 Å². The second-order valence-electron chi connectivity index (χ2n) is 8.13. The van der Waals surface area contributed by atoms with E-state index in [-0.39, 0.29) is 41.3 Å². The molecule has 13 heteroatoms. The molecule has 0 N–H and O–H groups in total. The minimum absolute atomic E-state index is 0. The molecule has 0 unspecified atom stereocenters. The predicted molar refractivity (Wildman–Crippen MR) is 121 cm³/mol. The molecule has 0 aliphatic carbocycles. The average Bonchev–Trinajstić information content (AvgIpc) is 3.17. The molecule has 0 saturated carbocycles. The number of aromatic nitrogens is 2. The Hall–Kier alpha value is -0.796. The van der Waals surface area contributed by atoms with Gasteiger partial charge in [-0.05, 0) is 28.2 Å². The molecule has 1 aromatic heterocycles. The topological polar surface area (TPSA) is 34.0 Å². The first kappa shape index (κ1) is 22.9. The van der Waals surface area contributed by atoms with Crippen LogP contribution in [0.2, 0.25) is 20.5 Å². The van der Waals surface area contributed by atoms with Crippen molar-refractivity contribution >= 4 is 35.2 Å². The van der Waals surface area contributed by atoms with Crippen LogP contribution in [0.3, 0.4) is 0 Å². The van der Waals surface area contributed by atoms with Crippen molar-refractivity contribution in [2.75, 3.05) is 28.2 Å². The maximum Gasteiger partial charge on any atom is 0.413 e. The largest absolute Gasteiger partial charge is 0.413 e. The Bertz CT molecular complexity index is 829. The van der Waals surface area contributed by atoms with Crippen LogP contribution in [0.5, 0.6) is 0 Å². The summed E-state index contributed by atoms with van der Waals surface area (Å²) >= 11 is 0. The van der Waals surface area contributed by atoms with Gasteiger partial charge in [0, 0.05) is 38.3 Å². The van der Waals surface area contributed by atoms with E-state index in [1.165, 1.54) is 0 Å². The number of hydrogen-bond donors (Lipinski definition) is 0. The second-order valence-corrected chi connectivity index (χ2v) is 8.13. The van der Waals surface area contributed by atoms with E-state index in [0.717, 1.165) is 11.4 Å². The van der Waals surface area contributed by atoms with Crippen LogP contribution in [-0.4, -0.2) is 96.4 Å². The van der Waals surface area contributed by atoms with Crippen LogP contribution in [0.4, 0.5) is 0 Å². The van der Waals surface area contributed by atoms with E-state index < -0.39 is 0 Å². The van der Waals surface area contributed by atoms with Crippen molar-refractivity contribution in [3.63, 3.8) is 0 Å². The van der Waals surface area contributed by atoms with Crippen molar-refractivity contribution in [3.8, 4) is 11.4 Å². The summed E-state index contributed by atoms with van der Waals surface area (Å²) in [6, 6.07) is 11.4. The van der Waals surface area contributed by atoms with Crippen LogP contribution in [0.15, 0.2) is 36.7 Å². The molecule has 4 rings (SSSR count). The summed E-state index contributed by atoms with van der Waals surface area (Å²) in [5.74, 6) is 0.946. The van der Waals surface area contributed by atoms with Crippen molar-refractivity contribution < 1.29 is 20.1 Å². The molecule has 1 aromatic carbocycles. The van der Waals surface area contributed by atoms with Gasteiger partial charge in [0.2, 0.25) is 0 Å². The summed E-state index contributed by atoms with van der Waals surface area (Å²) < 4.78 is 14.6. The number of nitrogens with zero attached hydrogens (tertiary/aromatic N) is 7. The SMILES string of the molecule is CB1N(C)B(C)N2B(C)N(C)B(n3ccnc3-c3[c-]cccc3)N(C)B2N1C.[Ir]. The number of hydrogen-bond acceptors (Lipinski definition) is 6. The number of fused-ring (bicyclic) bond motifs is 1. The fourth-order valence-corrected chi connectivity index (χ4v) is 4.85. The van der Waals surface area contributed by atoms with Crippen molar-refractivity contribution in [2.45, 2.75) is 20.5 Å². The molecule has 151 valence electrons. The van der Waals surface area contributed by atoms with E-state index in [4.69, 9.17) is 0 Å². The minimum Gasteiger partial charge on any atom is -0.389 e. The summed E-state index contributed by atoms with van der Waals surface area (Å²) in [6.45, 7) is 7.86. The van der Waals surface area contributed by atoms with Gasteiger partial charge in [-0.3, -0.25) is 4.98 Å². The minimum atomic E-state index is 0. The third kappa shape index (κ3) is 3.61. The summed E-state index contributed by atoms with van der Waals surface area (Å²) in [6.07, 6.45) is 3.97. The Morgan fingerprint density at radius 2 is 1.48 bits per heavy atom. The van der Waals surface area contributed by atoms with Crippen LogP contribution in [0, 0.1) is 6.07 Å². The molecule has 0 spiro atoms. The van der Waals surface area contributed by atoms with Gasteiger partial charge in [0.05, 0.1) is 0 Å². The molecule has 2 aliphatic heterocycles. The van der Waals surface area contributed by atoms with Crippen LogP contribution in [-0.2, 0) is 20.1 Å². The van der Waals surface area contributed by atoms with Gasteiger partial charge in [0.1, 0.15) is 0 Å². The van der Waals surface area contributed by atoms with E-state index in [2.05, 4.69) is 100.0 Å². The van der Waals surface area contributed by atoms with Gasteiger partial charge < -0.3 is 28.0 Å². The Balaban J connectivity index is 0.00000240. The first-order valence-electron chi connectivity index (χ1n) is 9.99. The van der Waals surface area contributed by atoms with Crippen LogP contribution >= 0.6 is 0 Å². The van der Waals surface area contributed by atoms with Crippen molar-refractivity contribution in [3.05, 3.63) is 42.7 Å². The van der Waals surface area contributed by atoms with Crippen LogP contribution in [0.25, 0.3) is 11.4 Å². The summed E-state index contributed by atoms with van der Waals surface area (Å²) in [7, 11) is 9.10. The molecule has 29 heavy (non-hydrogen) atoms. The van der Waals surface area contributed by atoms with E-state index in [1.807, 2.05) is 24.4 Å². The third-order valence-electron chi connectivity index (χ3n) is 6.81. The monoisotopic (exact) mass is 565 g/mol. The van der Waals surface area contributed by atoms with E-state index in [9.17, 15) is 0 Å². The maximum atomic E-state index is 4.66. The predicted octanol–water partition coefficient (Wildman–Crippen LogP) is 0.576. The fourth-order valence-electron chi connectivity index (χ4n) is 4.85. The van der Waals surface area contributed by atoms with Gasteiger partial charge in [0.25, 0.3) is 20.9 Å². The van der Waals surface area contributed by atoms with Crippen LogP contribution in [0.1, 0.15) is 0 Å². The van der Waals surface area contributed by atoms with E-state index in [0.29, 0.717) is 14.0 Å². The molecule has 0 bridgehead atoms. The molecular formula is C16H27B5IrN7-. The van der Waals surface area contributed by atoms with E-state index in [1.54, 1.807) is 0 Å². The number of benzene rings is 1. The molecule has 0 amide bonds. The first-order chi connectivity index (χ1) is 13.3. The fraction of sp³-hybridized carbons (Fsp3) is 0.438. The summed E-state index contributed by atoms with van der Waals surface area (Å²) in [4.78, 5) is 4.66. The molecule has 2 saturated heterocycles. The number of imidazole rings is 1. The van der Waals surface area contributed by atoms with Gasteiger partial charge in [-0.25, -0.2) is 0 Å². The Morgan fingerprint density at radius 1 is 0.828 bits per heavy atom. The van der Waals surface area contributed by atoms with Crippen molar-refractivity contribution in [2.24, 2.45) is 0 Å². The zero-order chi connectivity index (χ0) is 20.2. The molecule has 2 fully saturated rings. The van der Waals surface area contributed by atoms with Gasteiger partial charge >= 0.3 is 14.2 Å². The molecule has 3 heterocycles. The summed E-state index contributed by atoms with van der Waals surface area (Å²) in [5.41, 5.74) is 1.02. The quantitative estimate of drug-likeness (QED) is 0.393. The molecule has 0 atom stereocenters. The van der Waals surface area contributed by atoms with Gasteiger partial charge in [-0.1, -0.05) is 20.5 Å². The Morgan fingerprint density at radius 3 is 2.14 bits per heavy atom. The number of rotatable bonds is 2. The molecule has 2 aliphatic rings. The smallest absolute Gasteiger partial charge is 0.389 e. The van der Waals surface area contributed by atoms with Gasteiger partial charge in [-0.15, -0.1) is 35.9 Å². The second kappa shape index (κ2) is 8.75. The average molecular weight is 564 g/mol. The maximum absolute atomic E-state index is 4.66. The Labute approximate surface area is 190 Å². The zero-order valence-electron chi connectivity index (χ0n) is 18.3. The first-order valence-corrected chi connectivity index (χ1v) is 9.99. The Kier molecular flexibility index (Phi) is 6.90. The summed E-state index contributed by atoms with van der Waals surface area (Å²) in [5, 5.41) is 0. The zero-order valence-corrected chi connectivity index (χ0v) is 20.7. The normalized spacial score (nSPS) is 20.3. The van der Waals surface area contributed by atoms with Crippen LogP contribution < -0.4 is 0 Å². The standard InChI is InChI=1S/C16H27B5N7.Ir/c1-17-23(4)18(2)28-19(3)25(6)20(26(7)21(28)24(17)5)27-14-13-22-16(27)15-11-9-8-10-12-15;/h8-11,13-14H,1-7H3;/q-1;.